The molecule has 0 unspecified atom stereocenters. The Morgan fingerprint density at radius 1 is 1.35 bits per heavy atom. The zero-order chi connectivity index (χ0) is 14.5. The third-order valence-corrected chi connectivity index (χ3v) is 2.76. The molecule has 1 aromatic heterocycles. The second-order valence-electron chi connectivity index (χ2n) is 4.39. The minimum Gasteiger partial charge on any atom is -0.379 e. The van der Waals surface area contributed by atoms with Crippen LogP contribution in [0.4, 0.5) is 22.9 Å². The zero-order valence-electron chi connectivity index (χ0n) is 11.5. The number of nitrogens with zero attached hydrogens (tertiary/aromatic N) is 3. The molecule has 0 spiro atoms. The Balaban J connectivity index is 2.33. The fourth-order valence-corrected chi connectivity index (χ4v) is 1.86. The van der Waals surface area contributed by atoms with Crippen LogP contribution in [0.1, 0.15) is 13.3 Å². The van der Waals surface area contributed by atoms with Crippen molar-refractivity contribution in [2.45, 2.75) is 13.3 Å². The highest BCUT2D eigenvalue weighted by atomic mass is 16.6. The van der Waals surface area contributed by atoms with Gasteiger partial charge in [-0.1, -0.05) is 13.0 Å². The van der Waals surface area contributed by atoms with E-state index in [0.717, 1.165) is 6.42 Å². The zero-order valence-corrected chi connectivity index (χ0v) is 11.5. The van der Waals surface area contributed by atoms with Crippen LogP contribution in [0.3, 0.4) is 0 Å². The van der Waals surface area contributed by atoms with Gasteiger partial charge in [-0.3, -0.25) is 14.8 Å². The molecule has 0 aliphatic rings. The largest absolute Gasteiger partial charge is 0.379 e. The molecule has 2 aromatic rings. The van der Waals surface area contributed by atoms with Gasteiger partial charge in [0, 0.05) is 25.9 Å². The summed E-state index contributed by atoms with van der Waals surface area (Å²) < 4.78 is 1.63. The summed E-state index contributed by atoms with van der Waals surface area (Å²) in [5.41, 5.74) is 0.971. The average molecular weight is 275 g/mol. The van der Waals surface area contributed by atoms with E-state index in [1.54, 1.807) is 42.2 Å². The first kappa shape index (κ1) is 13.9. The molecule has 0 saturated heterocycles. The van der Waals surface area contributed by atoms with Crippen LogP contribution in [0.5, 0.6) is 0 Å². The summed E-state index contributed by atoms with van der Waals surface area (Å²) in [6.07, 6.45) is 2.67. The van der Waals surface area contributed by atoms with Gasteiger partial charge < -0.3 is 10.6 Å². The first-order chi connectivity index (χ1) is 9.61. The maximum Gasteiger partial charge on any atom is 0.315 e. The summed E-state index contributed by atoms with van der Waals surface area (Å²) in [6, 6.07) is 6.91. The SMILES string of the molecule is CCCNc1cccc(Nc2ccn(C)n2)c1[N+](=O)[O-]. The lowest BCUT2D eigenvalue weighted by Gasteiger charge is -2.10. The molecule has 0 bridgehead atoms. The Morgan fingerprint density at radius 3 is 2.70 bits per heavy atom. The lowest BCUT2D eigenvalue weighted by Crippen LogP contribution is -2.05. The standard InChI is InChI=1S/C13H17N5O2/c1-3-8-14-10-5-4-6-11(13(10)18(19)20)15-12-7-9-17(2)16-12/h4-7,9,14H,3,8H2,1-2H3,(H,15,16). The number of nitrogens with one attached hydrogen (secondary N) is 2. The van der Waals surface area contributed by atoms with Crippen LogP contribution >= 0.6 is 0 Å². The average Bonchev–Trinajstić information content (AvgIpc) is 2.81. The van der Waals surface area contributed by atoms with E-state index in [2.05, 4.69) is 15.7 Å². The quantitative estimate of drug-likeness (QED) is 0.625. The predicted octanol–water partition coefficient (Wildman–Crippen LogP) is 2.89. The number of nitro groups is 1. The van der Waals surface area contributed by atoms with Crippen LogP contribution in [0.25, 0.3) is 0 Å². The number of aryl methyl sites for hydroxylation is 1. The first-order valence-electron chi connectivity index (χ1n) is 6.39. The van der Waals surface area contributed by atoms with Gasteiger partial charge >= 0.3 is 5.69 Å². The molecule has 0 radical (unpaired) electrons. The van der Waals surface area contributed by atoms with Gasteiger partial charge in [0.2, 0.25) is 0 Å². The van der Waals surface area contributed by atoms with Crippen LogP contribution in [-0.2, 0) is 7.05 Å². The second kappa shape index (κ2) is 6.05. The molecule has 7 nitrogen and oxygen atoms in total. The molecule has 0 fully saturated rings. The van der Waals surface area contributed by atoms with Crippen molar-refractivity contribution in [3.63, 3.8) is 0 Å². The molecular weight excluding hydrogens is 258 g/mol. The number of rotatable bonds is 6. The number of benzene rings is 1. The van der Waals surface area contributed by atoms with Crippen LogP contribution in [0, 0.1) is 10.1 Å². The molecule has 0 amide bonds. The van der Waals surface area contributed by atoms with Crippen molar-refractivity contribution in [2.75, 3.05) is 17.2 Å². The number of hydrogen-bond donors (Lipinski definition) is 2. The molecule has 2 N–H and O–H groups in total. The maximum atomic E-state index is 11.3. The Labute approximate surface area is 116 Å². The Bertz CT molecular complexity index is 609. The normalized spacial score (nSPS) is 10.3. The van der Waals surface area contributed by atoms with Crippen molar-refractivity contribution in [3.05, 3.63) is 40.6 Å². The van der Waals surface area contributed by atoms with Gasteiger partial charge in [0.05, 0.1) is 4.92 Å². The van der Waals surface area contributed by atoms with Gasteiger partial charge in [0.1, 0.15) is 11.4 Å². The number of anilines is 3. The van der Waals surface area contributed by atoms with Crippen molar-refractivity contribution in [3.8, 4) is 0 Å². The smallest absolute Gasteiger partial charge is 0.315 e. The van der Waals surface area contributed by atoms with Crippen molar-refractivity contribution in [1.82, 2.24) is 9.78 Å². The number of nitro benzene ring substituents is 1. The summed E-state index contributed by atoms with van der Waals surface area (Å²) in [4.78, 5) is 10.9. The summed E-state index contributed by atoms with van der Waals surface area (Å²) >= 11 is 0. The molecule has 0 saturated carbocycles. The van der Waals surface area contributed by atoms with Gasteiger partial charge in [0.15, 0.2) is 5.82 Å². The fourth-order valence-electron chi connectivity index (χ4n) is 1.86. The monoisotopic (exact) mass is 275 g/mol. The predicted molar refractivity (Wildman–Crippen MR) is 78.4 cm³/mol. The van der Waals surface area contributed by atoms with E-state index >= 15 is 0 Å². The highest BCUT2D eigenvalue weighted by molar-refractivity contribution is 5.78. The van der Waals surface area contributed by atoms with Gasteiger partial charge in [-0.05, 0) is 18.6 Å². The highest BCUT2D eigenvalue weighted by Gasteiger charge is 2.19. The van der Waals surface area contributed by atoms with Crippen LogP contribution in [0.2, 0.25) is 0 Å². The minimum atomic E-state index is -0.386. The maximum absolute atomic E-state index is 11.3. The molecule has 0 aliphatic carbocycles. The topological polar surface area (TPSA) is 85.0 Å². The van der Waals surface area contributed by atoms with E-state index < -0.39 is 0 Å². The van der Waals surface area contributed by atoms with Crippen LogP contribution < -0.4 is 10.6 Å². The molecule has 1 aromatic carbocycles. The third kappa shape index (κ3) is 3.05. The first-order valence-corrected chi connectivity index (χ1v) is 6.39. The van der Waals surface area contributed by atoms with E-state index in [1.807, 2.05) is 6.92 Å². The number of aromatic nitrogens is 2. The van der Waals surface area contributed by atoms with Crippen molar-refractivity contribution < 1.29 is 4.92 Å². The van der Waals surface area contributed by atoms with E-state index in [4.69, 9.17) is 0 Å². The lowest BCUT2D eigenvalue weighted by atomic mass is 10.2. The second-order valence-corrected chi connectivity index (χ2v) is 4.39. The highest BCUT2D eigenvalue weighted by Crippen LogP contribution is 2.34. The molecule has 20 heavy (non-hydrogen) atoms. The van der Waals surface area contributed by atoms with Crippen LogP contribution in [0.15, 0.2) is 30.5 Å². The Hall–Kier alpha value is -2.57. The molecule has 0 aliphatic heterocycles. The summed E-state index contributed by atoms with van der Waals surface area (Å²) in [5.74, 6) is 0.572. The van der Waals surface area contributed by atoms with Crippen molar-refractivity contribution in [2.24, 2.45) is 7.05 Å². The number of para-hydroxylation sites is 1. The third-order valence-electron chi connectivity index (χ3n) is 2.76. The molecule has 1 heterocycles. The molecule has 2 rings (SSSR count). The Morgan fingerprint density at radius 2 is 2.10 bits per heavy atom. The van der Waals surface area contributed by atoms with Crippen LogP contribution in [-0.4, -0.2) is 21.2 Å². The van der Waals surface area contributed by atoms with E-state index in [0.29, 0.717) is 23.7 Å². The lowest BCUT2D eigenvalue weighted by molar-refractivity contribution is -0.383. The van der Waals surface area contributed by atoms with Gasteiger partial charge in [0.25, 0.3) is 0 Å². The summed E-state index contributed by atoms with van der Waals surface area (Å²) in [7, 11) is 1.79. The van der Waals surface area contributed by atoms with Crippen molar-refractivity contribution in [1.29, 1.82) is 0 Å². The number of hydrogen-bond acceptors (Lipinski definition) is 5. The Kier molecular flexibility index (Phi) is 4.19. The summed E-state index contributed by atoms with van der Waals surface area (Å²) in [6.45, 7) is 2.70. The molecule has 0 atom stereocenters. The van der Waals surface area contributed by atoms with Gasteiger partial charge in [-0.15, -0.1) is 0 Å². The van der Waals surface area contributed by atoms with Crippen molar-refractivity contribution >= 4 is 22.9 Å². The molecular formula is C13H17N5O2. The van der Waals surface area contributed by atoms with E-state index in [-0.39, 0.29) is 10.6 Å². The minimum absolute atomic E-state index is 0.0339. The van der Waals surface area contributed by atoms with Gasteiger partial charge in [-0.2, -0.15) is 5.10 Å². The molecule has 106 valence electrons. The molecule has 7 heteroatoms. The fraction of sp³-hybridized carbons (Fsp3) is 0.308. The van der Waals surface area contributed by atoms with E-state index in [9.17, 15) is 10.1 Å². The van der Waals surface area contributed by atoms with Gasteiger partial charge in [-0.25, -0.2) is 0 Å². The summed E-state index contributed by atoms with van der Waals surface area (Å²) in [5, 5.41) is 21.5. The van der Waals surface area contributed by atoms with E-state index in [1.165, 1.54) is 0 Å².